The summed E-state index contributed by atoms with van der Waals surface area (Å²) in [7, 11) is 0. The van der Waals surface area contributed by atoms with E-state index in [1.165, 1.54) is 12.8 Å². The standard InChI is InChI=1S/C13H21N3O2/c1-2-16-7-3-5-11(16)9-14-13(17)15-10-12-6-4-8-18-12/h4,6,8,11H,2-3,5,7,9-10H2,1H3,(H2,14,15,17). The summed E-state index contributed by atoms with van der Waals surface area (Å²) >= 11 is 0. The Morgan fingerprint density at radius 1 is 1.56 bits per heavy atom. The molecule has 2 amide bonds. The maximum atomic E-state index is 11.6. The molecule has 0 aromatic carbocycles. The summed E-state index contributed by atoms with van der Waals surface area (Å²) in [6, 6.07) is 4.02. The fourth-order valence-corrected chi connectivity index (χ4v) is 2.40. The van der Waals surface area contributed by atoms with Crippen LogP contribution in [0.3, 0.4) is 0 Å². The van der Waals surface area contributed by atoms with Gasteiger partial charge in [-0.3, -0.25) is 4.90 Å². The number of carbonyl (C=O) groups excluding carboxylic acids is 1. The van der Waals surface area contributed by atoms with E-state index >= 15 is 0 Å². The van der Waals surface area contributed by atoms with Gasteiger partial charge in [-0.15, -0.1) is 0 Å². The van der Waals surface area contributed by atoms with E-state index in [0.717, 1.165) is 25.4 Å². The van der Waals surface area contributed by atoms with Gasteiger partial charge in [-0.1, -0.05) is 6.92 Å². The summed E-state index contributed by atoms with van der Waals surface area (Å²) in [4.78, 5) is 14.0. The van der Waals surface area contributed by atoms with Crippen molar-refractivity contribution in [1.29, 1.82) is 0 Å². The Hall–Kier alpha value is -1.49. The van der Waals surface area contributed by atoms with E-state index in [-0.39, 0.29) is 6.03 Å². The van der Waals surface area contributed by atoms with Crippen molar-refractivity contribution in [1.82, 2.24) is 15.5 Å². The zero-order valence-electron chi connectivity index (χ0n) is 10.8. The average molecular weight is 251 g/mol. The quantitative estimate of drug-likeness (QED) is 0.835. The number of rotatable bonds is 5. The van der Waals surface area contributed by atoms with E-state index in [0.29, 0.717) is 12.6 Å². The Labute approximate surface area is 108 Å². The number of likely N-dealkylation sites (tertiary alicyclic amines) is 1. The van der Waals surface area contributed by atoms with E-state index < -0.39 is 0 Å². The molecule has 5 heteroatoms. The van der Waals surface area contributed by atoms with E-state index in [4.69, 9.17) is 4.42 Å². The first-order valence-corrected chi connectivity index (χ1v) is 6.57. The maximum absolute atomic E-state index is 11.6. The zero-order chi connectivity index (χ0) is 12.8. The molecule has 1 atom stereocenters. The van der Waals surface area contributed by atoms with E-state index in [1.54, 1.807) is 6.26 Å². The Morgan fingerprint density at radius 2 is 2.44 bits per heavy atom. The van der Waals surface area contributed by atoms with Gasteiger partial charge in [0.25, 0.3) is 0 Å². The van der Waals surface area contributed by atoms with Crippen molar-refractivity contribution in [3.05, 3.63) is 24.2 Å². The molecule has 1 fully saturated rings. The minimum Gasteiger partial charge on any atom is -0.467 e. The first-order valence-electron chi connectivity index (χ1n) is 6.57. The lowest BCUT2D eigenvalue weighted by Gasteiger charge is -2.22. The number of nitrogens with one attached hydrogen (secondary N) is 2. The molecule has 0 bridgehead atoms. The number of carbonyl (C=O) groups is 1. The molecule has 1 aliphatic rings. The van der Waals surface area contributed by atoms with Crippen LogP contribution in [0.25, 0.3) is 0 Å². The summed E-state index contributed by atoms with van der Waals surface area (Å²) in [5.41, 5.74) is 0. The highest BCUT2D eigenvalue weighted by Gasteiger charge is 2.22. The summed E-state index contributed by atoms with van der Waals surface area (Å²) in [5.74, 6) is 0.765. The molecule has 0 saturated carbocycles. The van der Waals surface area contributed by atoms with Crippen LogP contribution in [-0.4, -0.2) is 36.6 Å². The minimum absolute atomic E-state index is 0.130. The number of likely N-dealkylation sites (N-methyl/N-ethyl adjacent to an activating group) is 1. The monoisotopic (exact) mass is 251 g/mol. The van der Waals surface area contributed by atoms with Gasteiger partial charge in [-0.2, -0.15) is 0 Å². The fraction of sp³-hybridized carbons (Fsp3) is 0.615. The van der Waals surface area contributed by atoms with E-state index in [2.05, 4.69) is 22.5 Å². The Kier molecular flexibility index (Phi) is 4.64. The molecule has 2 heterocycles. The molecule has 5 nitrogen and oxygen atoms in total. The Balaban J connectivity index is 1.65. The maximum Gasteiger partial charge on any atom is 0.315 e. The third kappa shape index (κ3) is 3.50. The third-order valence-corrected chi connectivity index (χ3v) is 3.41. The lowest BCUT2D eigenvalue weighted by molar-refractivity contribution is 0.228. The lowest BCUT2D eigenvalue weighted by Crippen LogP contribution is -2.43. The molecule has 2 rings (SSSR count). The molecule has 100 valence electrons. The van der Waals surface area contributed by atoms with Crippen LogP contribution in [-0.2, 0) is 6.54 Å². The summed E-state index contributed by atoms with van der Waals surface area (Å²) in [5, 5.41) is 5.70. The summed E-state index contributed by atoms with van der Waals surface area (Å²) in [6.07, 6.45) is 4.01. The number of amides is 2. The second-order valence-electron chi connectivity index (χ2n) is 4.57. The number of hydrogen-bond donors (Lipinski definition) is 2. The largest absolute Gasteiger partial charge is 0.467 e. The number of nitrogens with zero attached hydrogens (tertiary/aromatic N) is 1. The van der Waals surface area contributed by atoms with Gasteiger partial charge in [0, 0.05) is 12.6 Å². The van der Waals surface area contributed by atoms with Gasteiger partial charge in [-0.25, -0.2) is 4.79 Å². The van der Waals surface area contributed by atoms with Crippen LogP contribution >= 0.6 is 0 Å². The van der Waals surface area contributed by atoms with Crippen LogP contribution in [0.2, 0.25) is 0 Å². The van der Waals surface area contributed by atoms with Crippen molar-refractivity contribution >= 4 is 6.03 Å². The van der Waals surface area contributed by atoms with Gasteiger partial charge in [-0.05, 0) is 38.1 Å². The molecule has 0 spiro atoms. The first-order chi connectivity index (χ1) is 8.79. The normalized spacial score (nSPS) is 19.9. The van der Waals surface area contributed by atoms with Gasteiger partial charge in [0.05, 0.1) is 12.8 Å². The van der Waals surface area contributed by atoms with Gasteiger partial charge in [0.15, 0.2) is 0 Å². The topological polar surface area (TPSA) is 57.5 Å². The Bertz CT molecular complexity index is 364. The molecular weight excluding hydrogens is 230 g/mol. The Morgan fingerprint density at radius 3 is 3.17 bits per heavy atom. The van der Waals surface area contributed by atoms with Crippen molar-refractivity contribution < 1.29 is 9.21 Å². The molecule has 1 unspecified atom stereocenters. The first kappa shape index (κ1) is 13.0. The molecule has 0 aliphatic carbocycles. The zero-order valence-corrected chi connectivity index (χ0v) is 10.8. The number of urea groups is 1. The molecule has 18 heavy (non-hydrogen) atoms. The van der Waals surface area contributed by atoms with Crippen LogP contribution < -0.4 is 10.6 Å². The van der Waals surface area contributed by atoms with Crippen molar-refractivity contribution in [3.8, 4) is 0 Å². The molecule has 2 N–H and O–H groups in total. The van der Waals surface area contributed by atoms with E-state index in [9.17, 15) is 4.79 Å². The number of furan rings is 1. The predicted molar refractivity (Wildman–Crippen MR) is 69.2 cm³/mol. The van der Waals surface area contributed by atoms with Gasteiger partial charge in [0.1, 0.15) is 5.76 Å². The highest BCUT2D eigenvalue weighted by atomic mass is 16.3. The van der Waals surface area contributed by atoms with Gasteiger partial charge < -0.3 is 15.1 Å². The molecule has 1 aliphatic heterocycles. The van der Waals surface area contributed by atoms with Crippen LogP contribution in [0.1, 0.15) is 25.5 Å². The molecule has 1 saturated heterocycles. The second-order valence-corrected chi connectivity index (χ2v) is 4.57. The summed E-state index contributed by atoms with van der Waals surface area (Å²) in [6.45, 7) is 5.52. The SMILES string of the molecule is CCN1CCCC1CNC(=O)NCc1ccco1. The summed E-state index contributed by atoms with van der Waals surface area (Å²) < 4.78 is 5.15. The van der Waals surface area contributed by atoms with Crippen molar-refractivity contribution in [2.24, 2.45) is 0 Å². The smallest absolute Gasteiger partial charge is 0.315 e. The van der Waals surface area contributed by atoms with Gasteiger partial charge >= 0.3 is 6.03 Å². The lowest BCUT2D eigenvalue weighted by atomic mass is 10.2. The fourth-order valence-electron chi connectivity index (χ4n) is 2.40. The van der Waals surface area contributed by atoms with Crippen LogP contribution in [0.5, 0.6) is 0 Å². The predicted octanol–water partition coefficient (Wildman–Crippen LogP) is 1.56. The van der Waals surface area contributed by atoms with Crippen LogP contribution in [0.4, 0.5) is 4.79 Å². The van der Waals surface area contributed by atoms with Crippen LogP contribution in [0.15, 0.2) is 22.8 Å². The van der Waals surface area contributed by atoms with Crippen molar-refractivity contribution in [2.45, 2.75) is 32.4 Å². The van der Waals surface area contributed by atoms with Crippen LogP contribution in [0, 0.1) is 0 Å². The second kappa shape index (κ2) is 6.44. The molecular formula is C13H21N3O2. The minimum atomic E-state index is -0.130. The van der Waals surface area contributed by atoms with Crippen molar-refractivity contribution in [3.63, 3.8) is 0 Å². The molecule has 1 aromatic heterocycles. The van der Waals surface area contributed by atoms with Gasteiger partial charge in [0.2, 0.25) is 0 Å². The van der Waals surface area contributed by atoms with Crippen molar-refractivity contribution in [2.75, 3.05) is 19.6 Å². The average Bonchev–Trinajstić information content (AvgIpc) is 3.04. The van der Waals surface area contributed by atoms with E-state index in [1.807, 2.05) is 12.1 Å². The number of hydrogen-bond acceptors (Lipinski definition) is 3. The molecule has 1 aromatic rings. The third-order valence-electron chi connectivity index (χ3n) is 3.41. The molecule has 0 radical (unpaired) electrons. The highest BCUT2D eigenvalue weighted by Crippen LogP contribution is 2.15. The highest BCUT2D eigenvalue weighted by molar-refractivity contribution is 5.73.